The Labute approximate surface area is 137 Å². The second-order valence-electron chi connectivity index (χ2n) is 5.95. The summed E-state index contributed by atoms with van der Waals surface area (Å²) in [5.41, 5.74) is -0.177. The van der Waals surface area contributed by atoms with Crippen LogP contribution in [0.2, 0.25) is 0 Å². The molecule has 0 amide bonds. The van der Waals surface area contributed by atoms with Crippen molar-refractivity contribution in [2.75, 3.05) is 13.2 Å². The Morgan fingerprint density at radius 1 is 1.22 bits per heavy atom. The predicted octanol–water partition coefficient (Wildman–Crippen LogP) is 2.50. The van der Waals surface area contributed by atoms with E-state index >= 15 is 0 Å². The van der Waals surface area contributed by atoms with E-state index in [-0.39, 0.29) is 18.8 Å². The number of ether oxygens (including phenoxy) is 2. The molecule has 1 aromatic carbocycles. The summed E-state index contributed by atoms with van der Waals surface area (Å²) in [7, 11) is 0. The van der Waals surface area contributed by atoms with Crippen molar-refractivity contribution in [2.24, 2.45) is 5.41 Å². The first-order valence-electron chi connectivity index (χ1n) is 7.88. The Hall–Kier alpha value is -1.72. The Morgan fingerprint density at radius 2 is 1.87 bits per heavy atom. The van der Waals surface area contributed by atoms with Crippen LogP contribution in [-0.2, 0) is 25.7 Å². The summed E-state index contributed by atoms with van der Waals surface area (Å²) in [6.45, 7) is 5.78. The summed E-state index contributed by atoms with van der Waals surface area (Å²) < 4.78 is 10.4. The minimum atomic E-state index is -1.23. The summed E-state index contributed by atoms with van der Waals surface area (Å²) in [6.07, 6.45) is -0.565. The van der Waals surface area contributed by atoms with E-state index in [2.05, 4.69) is 0 Å². The normalized spacial score (nSPS) is 12.7. The van der Waals surface area contributed by atoms with Gasteiger partial charge in [0.2, 0.25) is 0 Å². The molecule has 0 aliphatic rings. The van der Waals surface area contributed by atoms with Crippen LogP contribution >= 0.6 is 0 Å². The van der Waals surface area contributed by atoms with E-state index in [9.17, 15) is 14.7 Å². The molecule has 128 valence electrons. The molecule has 0 aliphatic heterocycles. The van der Waals surface area contributed by atoms with Gasteiger partial charge in [0.25, 0.3) is 0 Å². The highest BCUT2D eigenvalue weighted by Gasteiger charge is 2.37. The largest absolute Gasteiger partial charge is 0.465 e. The fraction of sp³-hybridized carbons (Fsp3) is 0.556. The molecule has 0 spiro atoms. The van der Waals surface area contributed by atoms with E-state index in [4.69, 9.17) is 9.47 Å². The predicted molar refractivity (Wildman–Crippen MR) is 86.8 cm³/mol. The number of hydrogen-bond donors (Lipinski definition) is 1. The fourth-order valence-corrected chi connectivity index (χ4v) is 1.98. The molecule has 5 heteroatoms. The number of carbonyl (C=O) groups excluding carboxylic acids is 2. The third-order valence-electron chi connectivity index (χ3n) is 3.61. The van der Waals surface area contributed by atoms with Gasteiger partial charge in [-0.15, -0.1) is 0 Å². The number of aliphatic hydroxyl groups excluding tert-OH is 1. The molecule has 0 aromatic heterocycles. The molecule has 0 saturated heterocycles. The van der Waals surface area contributed by atoms with Crippen molar-refractivity contribution in [3.8, 4) is 0 Å². The van der Waals surface area contributed by atoms with E-state index in [0.717, 1.165) is 5.56 Å². The quantitative estimate of drug-likeness (QED) is 0.407. The molecule has 5 nitrogen and oxygen atoms in total. The second kappa shape index (κ2) is 9.43. The number of benzene rings is 1. The number of Topliss-reactive ketones (excluding diaryl/α,β-unsaturated/α-hetero) is 1. The van der Waals surface area contributed by atoms with Crippen LogP contribution in [0.25, 0.3) is 0 Å². The van der Waals surface area contributed by atoms with Gasteiger partial charge in [0.15, 0.2) is 5.78 Å². The number of aliphatic hydroxyl groups is 1. The Bertz CT molecular complexity index is 495. The van der Waals surface area contributed by atoms with Crippen LogP contribution in [0.4, 0.5) is 0 Å². The van der Waals surface area contributed by atoms with Crippen molar-refractivity contribution in [1.29, 1.82) is 0 Å². The molecule has 0 bridgehead atoms. The van der Waals surface area contributed by atoms with Crippen molar-refractivity contribution in [1.82, 2.24) is 0 Å². The van der Waals surface area contributed by atoms with E-state index < -0.39 is 17.5 Å². The molecule has 0 aliphatic carbocycles. The summed E-state index contributed by atoms with van der Waals surface area (Å²) in [5, 5.41) is 9.94. The van der Waals surface area contributed by atoms with Crippen LogP contribution in [0, 0.1) is 5.41 Å². The molecule has 1 atom stereocenters. The number of ketones is 1. The van der Waals surface area contributed by atoms with Gasteiger partial charge in [-0.25, -0.2) is 0 Å². The molecule has 23 heavy (non-hydrogen) atoms. The van der Waals surface area contributed by atoms with E-state index in [1.807, 2.05) is 30.3 Å². The zero-order valence-electron chi connectivity index (χ0n) is 14.1. The Balaban J connectivity index is 2.31. The molecule has 1 aromatic rings. The van der Waals surface area contributed by atoms with Gasteiger partial charge >= 0.3 is 5.97 Å². The van der Waals surface area contributed by atoms with Gasteiger partial charge in [0, 0.05) is 13.0 Å². The molecule has 1 rings (SSSR count). The van der Waals surface area contributed by atoms with Crippen molar-refractivity contribution in [2.45, 2.75) is 46.3 Å². The summed E-state index contributed by atoms with van der Waals surface area (Å²) in [6, 6.07) is 9.72. The zero-order valence-corrected chi connectivity index (χ0v) is 14.1. The van der Waals surface area contributed by atoms with Gasteiger partial charge in [-0.2, -0.15) is 0 Å². The van der Waals surface area contributed by atoms with Gasteiger partial charge < -0.3 is 14.6 Å². The second-order valence-corrected chi connectivity index (χ2v) is 5.95. The minimum absolute atomic E-state index is 0.0828. The lowest BCUT2D eigenvalue weighted by atomic mass is 9.85. The lowest BCUT2D eigenvalue weighted by molar-refractivity contribution is -0.158. The van der Waals surface area contributed by atoms with E-state index in [1.165, 1.54) is 13.8 Å². The number of carbonyl (C=O) groups is 2. The molecule has 0 saturated carbocycles. The van der Waals surface area contributed by atoms with Gasteiger partial charge in [0.1, 0.15) is 5.41 Å². The smallest absolute Gasteiger partial charge is 0.319 e. The first-order valence-corrected chi connectivity index (χ1v) is 7.88. The van der Waals surface area contributed by atoms with E-state index in [1.54, 1.807) is 6.92 Å². The average molecular weight is 322 g/mol. The van der Waals surface area contributed by atoms with Crippen LogP contribution in [-0.4, -0.2) is 36.2 Å². The first kappa shape index (κ1) is 19.3. The molecule has 0 fully saturated rings. The SMILES string of the molecule is CCOC(=O)C(C)(C)C(=O)CC(O)CCOCc1ccccc1. The van der Waals surface area contributed by atoms with Gasteiger partial charge in [-0.1, -0.05) is 30.3 Å². The highest BCUT2D eigenvalue weighted by molar-refractivity contribution is 6.03. The van der Waals surface area contributed by atoms with Crippen molar-refractivity contribution < 1.29 is 24.2 Å². The van der Waals surface area contributed by atoms with Crippen LogP contribution < -0.4 is 0 Å². The van der Waals surface area contributed by atoms with Gasteiger partial charge in [-0.3, -0.25) is 9.59 Å². The van der Waals surface area contributed by atoms with Crippen molar-refractivity contribution in [3.05, 3.63) is 35.9 Å². The molecule has 1 N–H and O–H groups in total. The maximum atomic E-state index is 12.1. The van der Waals surface area contributed by atoms with Crippen molar-refractivity contribution >= 4 is 11.8 Å². The molecular weight excluding hydrogens is 296 g/mol. The topological polar surface area (TPSA) is 72.8 Å². The Kier molecular flexibility index (Phi) is 7.92. The average Bonchev–Trinajstić information content (AvgIpc) is 2.52. The van der Waals surface area contributed by atoms with Crippen LogP contribution in [0.3, 0.4) is 0 Å². The summed E-state index contributed by atoms with van der Waals surface area (Å²) >= 11 is 0. The molecule has 0 heterocycles. The number of hydrogen-bond acceptors (Lipinski definition) is 5. The van der Waals surface area contributed by atoms with Gasteiger partial charge in [-0.05, 0) is 32.8 Å². The zero-order chi connectivity index (χ0) is 17.3. The lowest BCUT2D eigenvalue weighted by Gasteiger charge is -2.22. The highest BCUT2D eigenvalue weighted by atomic mass is 16.5. The fourth-order valence-electron chi connectivity index (χ4n) is 1.98. The van der Waals surface area contributed by atoms with Crippen molar-refractivity contribution in [3.63, 3.8) is 0 Å². The van der Waals surface area contributed by atoms with Crippen LogP contribution in [0.15, 0.2) is 30.3 Å². The lowest BCUT2D eigenvalue weighted by Crippen LogP contribution is -2.37. The highest BCUT2D eigenvalue weighted by Crippen LogP contribution is 2.22. The third kappa shape index (κ3) is 6.50. The van der Waals surface area contributed by atoms with E-state index in [0.29, 0.717) is 19.6 Å². The van der Waals surface area contributed by atoms with Crippen LogP contribution in [0.5, 0.6) is 0 Å². The monoisotopic (exact) mass is 322 g/mol. The maximum absolute atomic E-state index is 12.1. The third-order valence-corrected chi connectivity index (χ3v) is 3.61. The number of esters is 1. The maximum Gasteiger partial charge on any atom is 0.319 e. The number of rotatable bonds is 10. The first-order chi connectivity index (χ1) is 10.9. The summed E-state index contributed by atoms with van der Waals surface area (Å²) in [4.78, 5) is 23.9. The summed E-state index contributed by atoms with van der Waals surface area (Å²) in [5.74, 6) is -0.885. The molecular formula is C18H26O5. The molecule has 1 unspecified atom stereocenters. The van der Waals surface area contributed by atoms with Gasteiger partial charge in [0.05, 0.1) is 19.3 Å². The Morgan fingerprint density at radius 3 is 2.48 bits per heavy atom. The standard InChI is InChI=1S/C18H26O5/c1-4-23-17(21)18(2,3)16(20)12-15(19)10-11-22-13-14-8-6-5-7-9-14/h5-9,15,19H,4,10-13H2,1-3H3. The van der Waals surface area contributed by atoms with Crippen LogP contribution in [0.1, 0.15) is 39.2 Å². The minimum Gasteiger partial charge on any atom is -0.465 e. The molecule has 0 radical (unpaired) electrons.